The standard InChI is InChI=1S/C8H6BrFO2/c9-6-3-1-5(2-4-6)7(10)8(11)12/h1-4,7H,(H,11,12)/t7-/m1/s1. The number of hydrogen-bond acceptors (Lipinski definition) is 1. The second kappa shape index (κ2) is 3.67. The molecule has 0 heterocycles. The van der Waals surface area contributed by atoms with Crippen LogP contribution in [0.15, 0.2) is 28.7 Å². The molecule has 0 unspecified atom stereocenters. The second-order valence-electron chi connectivity index (χ2n) is 2.25. The molecule has 0 aromatic heterocycles. The van der Waals surface area contributed by atoms with E-state index in [1.807, 2.05) is 0 Å². The largest absolute Gasteiger partial charge is 0.479 e. The molecule has 0 saturated carbocycles. The van der Waals surface area contributed by atoms with Crippen LogP contribution in [0.5, 0.6) is 0 Å². The lowest BCUT2D eigenvalue weighted by Gasteiger charge is -2.01. The van der Waals surface area contributed by atoms with Gasteiger partial charge in [0.2, 0.25) is 6.17 Å². The zero-order chi connectivity index (χ0) is 9.14. The summed E-state index contributed by atoms with van der Waals surface area (Å²) in [6, 6.07) is 6.07. The number of aliphatic carboxylic acids is 1. The minimum absolute atomic E-state index is 0.158. The molecule has 0 spiro atoms. The molecule has 2 nitrogen and oxygen atoms in total. The number of rotatable bonds is 2. The molecular formula is C8H6BrFO2. The van der Waals surface area contributed by atoms with Crippen LogP contribution in [0.4, 0.5) is 4.39 Å². The minimum atomic E-state index is -1.93. The maximum Gasteiger partial charge on any atom is 0.343 e. The van der Waals surface area contributed by atoms with Gasteiger partial charge in [-0.3, -0.25) is 0 Å². The van der Waals surface area contributed by atoms with Crippen molar-refractivity contribution in [3.8, 4) is 0 Å². The second-order valence-corrected chi connectivity index (χ2v) is 3.17. The number of hydrogen-bond donors (Lipinski definition) is 1. The Morgan fingerprint density at radius 1 is 1.42 bits per heavy atom. The Hall–Kier alpha value is -0.900. The normalized spacial score (nSPS) is 12.5. The van der Waals surface area contributed by atoms with Crippen LogP contribution in [-0.4, -0.2) is 11.1 Å². The average Bonchev–Trinajstić information content (AvgIpc) is 2.04. The Morgan fingerprint density at radius 3 is 2.33 bits per heavy atom. The molecule has 0 aliphatic rings. The first-order valence-corrected chi connectivity index (χ1v) is 4.03. The van der Waals surface area contributed by atoms with Crippen LogP contribution in [0, 0.1) is 0 Å². The fraction of sp³-hybridized carbons (Fsp3) is 0.125. The molecule has 1 aromatic rings. The van der Waals surface area contributed by atoms with Gasteiger partial charge in [0, 0.05) is 4.47 Å². The molecule has 0 bridgehead atoms. The van der Waals surface area contributed by atoms with Gasteiger partial charge in [0.25, 0.3) is 0 Å². The molecule has 0 amide bonds. The highest BCUT2D eigenvalue weighted by Gasteiger charge is 2.17. The van der Waals surface area contributed by atoms with Crippen molar-refractivity contribution >= 4 is 21.9 Å². The predicted octanol–water partition coefficient (Wildman–Crippen LogP) is 2.54. The molecular weight excluding hydrogens is 227 g/mol. The lowest BCUT2D eigenvalue weighted by atomic mass is 10.1. The number of alkyl halides is 1. The summed E-state index contributed by atoms with van der Waals surface area (Å²) in [5.74, 6) is -1.46. The molecule has 1 atom stereocenters. The van der Waals surface area contributed by atoms with Crippen molar-refractivity contribution in [1.29, 1.82) is 0 Å². The minimum Gasteiger partial charge on any atom is -0.479 e. The van der Waals surface area contributed by atoms with E-state index < -0.39 is 12.1 Å². The van der Waals surface area contributed by atoms with E-state index in [1.54, 1.807) is 12.1 Å². The summed E-state index contributed by atoms with van der Waals surface area (Å²) in [6.45, 7) is 0. The number of carboxylic acid groups (broad SMARTS) is 1. The molecule has 1 rings (SSSR count). The van der Waals surface area contributed by atoms with E-state index >= 15 is 0 Å². The summed E-state index contributed by atoms with van der Waals surface area (Å²) >= 11 is 3.16. The number of carboxylic acids is 1. The molecule has 0 fully saturated rings. The predicted molar refractivity (Wildman–Crippen MR) is 45.6 cm³/mol. The Balaban J connectivity index is 2.89. The Bertz CT molecular complexity index is 284. The van der Waals surface area contributed by atoms with Crippen molar-refractivity contribution in [3.05, 3.63) is 34.3 Å². The lowest BCUT2D eigenvalue weighted by Crippen LogP contribution is -2.05. The molecule has 12 heavy (non-hydrogen) atoms. The van der Waals surface area contributed by atoms with E-state index in [1.165, 1.54) is 12.1 Å². The van der Waals surface area contributed by atoms with Gasteiger partial charge in [-0.15, -0.1) is 0 Å². The first-order valence-electron chi connectivity index (χ1n) is 3.23. The number of halogens is 2. The Kier molecular flexibility index (Phi) is 2.81. The molecule has 1 aromatic carbocycles. The van der Waals surface area contributed by atoms with E-state index in [2.05, 4.69) is 15.9 Å². The van der Waals surface area contributed by atoms with E-state index in [0.717, 1.165) is 4.47 Å². The zero-order valence-corrected chi connectivity index (χ0v) is 7.58. The number of carbonyl (C=O) groups is 1. The molecule has 4 heteroatoms. The smallest absolute Gasteiger partial charge is 0.343 e. The third-order valence-electron chi connectivity index (χ3n) is 1.38. The highest BCUT2D eigenvalue weighted by Crippen LogP contribution is 2.19. The van der Waals surface area contributed by atoms with E-state index in [4.69, 9.17) is 5.11 Å². The van der Waals surface area contributed by atoms with Crippen LogP contribution in [0.25, 0.3) is 0 Å². The van der Waals surface area contributed by atoms with Gasteiger partial charge in [-0.05, 0) is 17.7 Å². The SMILES string of the molecule is O=C(O)[C@H](F)c1ccc(Br)cc1. The van der Waals surface area contributed by atoms with Crippen LogP contribution in [0.2, 0.25) is 0 Å². The van der Waals surface area contributed by atoms with Crippen LogP contribution in [-0.2, 0) is 4.79 Å². The van der Waals surface area contributed by atoms with Crippen LogP contribution < -0.4 is 0 Å². The van der Waals surface area contributed by atoms with Crippen molar-refractivity contribution in [2.75, 3.05) is 0 Å². The van der Waals surface area contributed by atoms with Gasteiger partial charge in [-0.25, -0.2) is 9.18 Å². The Labute approximate surface area is 77.2 Å². The van der Waals surface area contributed by atoms with Gasteiger partial charge < -0.3 is 5.11 Å². The maximum atomic E-state index is 12.8. The van der Waals surface area contributed by atoms with E-state index in [-0.39, 0.29) is 5.56 Å². The van der Waals surface area contributed by atoms with Crippen LogP contribution in [0.3, 0.4) is 0 Å². The molecule has 1 N–H and O–H groups in total. The van der Waals surface area contributed by atoms with Crippen molar-refractivity contribution in [1.82, 2.24) is 0 Å². The summed E-state index contributed by atoms with van der Waals surface area (Å²) in [5.41, 5.74) is 0.158. The van der Waals surface area contributed by atoms with Crippen molar-refractivity contribution in [2.24, 2.45) is 0 Å². The average molecular weight is 233 g/mol. The highest BCUT2D eigenvalue weighted by atomic mass is 79.9. The van der Waals surface area contributed by atoms with Gasteiger partial charge in [0.1, 0.15) is 0 Å². The third-order valence-corrected chi connectivity index (χ3v) is 1.91. The van der Waals surface area contributed by atoms with Gasteiger partial charge >= 0.3 is 5.97 Å². The molecule has 0 aliphatic carbocycles. The van der Waals surface area contributed by atoms with Gasteiger partial charge in [-0.1, -0.05) is 28.1 Å². The zero-order valence-electron chi connectivity index (χ0n) is 6.00. The van der Waals surface area contributed by atoms with Crippen molar-refractivity contribution in [2.45, 2.75) is 6.17 Å². The topological polar surface area (TPSA) is 37.3 Å². The highest BCUT2D eigenvalue weighted by molar-refractivity contribution is 9.10. The van der Waals surface area contributed by atoms with Gasteiger partial charge in [0.15, 0.2) is 0 Å². The first kappa shape index (κ1) is 9.19. The summed E-state index contributed by atoms with van der Waals surface area (Å²) in [6.07, 6.45) is -1.93. The first-order chi connectivity index (χ1) is 5.61. The quantitative estimate of drug-likeness (QED) is 0.852. The van der Waals surface area contributed by atoms with E-state index in [9.17, 15) is 9.18 Å². The molecule has 0 aliphatic heterocycles. The maximum absolute atomic E-state index is 12.8. The summed E-state index contributed by atoms with van der Waals surface area (Å²) in [7, 11) is 0. The molecule has 64 valence electrons. The molecule has 0 saturated heterocycles. The third kappa shape index (κ3) is 2.04. The van der Waals surface area contributed by atoms with Crippen molar-refractivity contribution in [3.63, 3.8) is 0 Å². The fourth-order valence-electron chi connectivity index (χ4n) is 0.774. The van der Waals surface area contributed by atoms with Crippen molar-refractivity contribution < 1.29 is 14.3 Å². The van der Waals surface area contributed by atoms with Gasteiger partial charge in [-0.2, -0.15) is 0 Å². The summed E-state index contributed by atoms with van der Waals surface area (Å²) in [4.78, 5) is 10.2. The van der Waals surface area contributed by atoms with E-state index in [0.29, 0.717) is 0 Å². The summed E-state index contributed by atoms with van der Waals surface area (Å²) in [5, 5.41) is 8.32. The van der Waals surface area contributed by atoms with Crippen LogP contribution >= 0.6 is 15.9 Å². The van der Waals surface area contributed by atoms with Gasteiger partial charge in [0.05, 0.1) is 0 Å². The Morgan fingerprint density at radius 2 is 1.92 bits per heavy atom. The van der Waals surface area contributed by atoms with Crippen LogP contribution in [0.1, 0.15) is 11.7 Å². The number of benzene rings is 1. The monoisotopic (exact) mass is 232 g/mol. The summed E-state index contributed by atoms with van der Waals surface area (Å²) < 4.78 is 13.6. The molecule has 0 radical (unpaired) electrons. The fourth-order valence-corrected chi connectivity index (χ4v) is 1.04. The lowest BCUT2D eigenvalue weighted by molar-refractivity contribution is -0.143.